The highest BCUT2D eigenvalue weighted by Gasteiger charge is 2.11. The zero-order valence-corrected chi connectivity index (χ0v) is 7.18. The van der Waals surface area contributed by atoms with Gasteiger partial charge in [-0.05, 0) is 11.5 Å². The molecule has 12 heavy (non-hydrogen) atoms. The fraction of sp³-hybridized carbons (Fsp3) is 0. The van der Waals surface area contributed by atoms with Crippen molar-refractivity contribution in [3.05, 3.63) is 5.38 Å². The van der Waals surface area contributed by atoms with E-state index in [4.69, 9.17) is 5.11 Å². The lowest BCUT2D eigenvalue weighted by Crippen LogP contribution is -2.01. The van der Waals surface area contributed by atoms with Crippen molar-refractivity contribution in [1.29, 1.82) is 0 Å². The molecular formula is C5H2N2O3S2. The maximum atomic E-state index is 10.2. The van der Waals surface area contributed by atoms with Crippen molar-refractivity contribution < 1.29 is 14.6 Å². The van der Waals surface area contributed by atoms with Crippen LogP contribution in [-0.4, -0.2) is 20.8 Å². The van der Waals surface area contributed by atoms with Crippen molar-refractivity contribution in [1.82, 2.24) is 9.59 Å². The zero-order chi connectivity index (χ0) is 8.55. The number of rotatable bonds is 1. The average molecular weight is 202 g/mol. The molecular weight excluding hydrogens is 200 g/mol. The molecule has 2 heterocycles. The molecule has 0 aliphatic rings. The van der Waals surface area contributed by atoms with Crippen LogP contribution in [0.5, 0.6) is 5.75 Å². The highest BCUT2D eigenvalue weighted by atomic mass is 32.1. The Bertz CT molecular complexity index is 421. The molecule has 2 aromatic rings. The van der Waals surface area contributed by atoms with Crippen molar-refractivity contribution in [2.75, 3.05) is 0 Å². The minimum Gasteiger partial charge on any atom is -0.449 e. The third kappa shape index (κ3) is 1.12. The van der Waals surface area contributed by atoms with Gasteiger partial charge in [-0.25, -0.2) is 4.79 Å². The van der Waals surface area contributed by atoms with Crippen LogP contribution in [-0.2, 0) is 0 Å². The Kier molecular flexibility index (Phi) is 1.66. The molecule has 0 saturated heterocycles. The van der Waals surface area contributed by atoms with Gasteiger partial charge in [0.25, 0.3) is 0 Å². The fourth-order valence-electron chi connectivity index (χ4n) is 0.738. The summed E-state index contributed by atoms with van der Waals surface area (Å²) in [5.41, 5.74) is 0. The summed E-state index contributed by atoms with van der Waals surface area (Å²) in [7, 11) is 0. The summed E-state index contributed by atoms with van der Waals surface area (Å²) in [4.78, 5) is 10.9. The Hall–Kier alpha value is -1.21. The molecule has 0 radical (unpaired) electrons. The lowest BCUT2D eigenvalue weighted by atomic mass is 10.6. The molecule has 2 rings (SSSR count). The molecule has 1 N–H and O–H groups in total. The monoisotopic (exact) mass is 202 g/mol. The van der Waals surface area contributed by atoms with E-state index in [-0.39, 0.29) is 0 Å². The second kappa shape index (κ2) is 2.68. The van der Waals surface area contributed by atoms with Gasteiger partial charge >= 0.3 is 6.16 Å². The van der Waals surface area contributed by atoms with Gasteiger partial charge in [-0.3, -0.25) is 0 Å². The normalized spacial score (nSPS) is 10.3. The van der Waals surface area contributed by atoms with Crippen LogP contribution in [0.25, 0.3) is 9.53 Å². The standard InChI is InChI=1S/C5H2N2O3S2/c8-5(9)10-2-1-11-4-3(2)12-7-6-4/h1H,(H,8,9). The molecule has 62 valence electrons. The predicted octanol–water partition coefficient (Wildman–Crippen LogP) is 1.81. The molecule has 0 aliphatic carbocycles. The first-order valence-corrected chi connectivity index (χ1v) is 4.53. The summed E-state index contributed by atoms with van der Waals surface area (Å²) in [6.07, 6.45) is -1.32. The third-order valence-electron chi connectivity index (χ3n) is 1.16. The van der Waals surface area contributed by atoms with Crippen LogP contribution in [0.4, 0.5) is 4.79 Å². The van der Waals surface area contributed by atoms with Crippen LogP contribution in [0, 0.1) is 0 Å². The second-order valence-corrected chi connectivity index (χ2v) is 3.49. The number of nitrogens with zero attached hydrogens (tertiary/aromatic N) is 2. The van der Waals surface area contributed by atoms with Crippen molar-refractivity contribution in [3.8, 4) is 5.75 Å². The number of hydrogen-bond acceptors (Lipinski definition) is 6. The van der Waals surface area contributed by atoms with Gasteiger partial charge in [0.1, 0.15) is 4.70 Å². The second-order valence-electron chi connectivity index (χ2n) is 1.88. The number of fused-ring (bicyclic) bond motifs is 1. The smallest absolute Gasteiger partial charge is 0.449 e. The van der Waals surface area contributed by atoms with Crippen molar-refractivity contribution in [3.63, 3.8) is 0 Å². The Balaban J connectivity index is 2.47. The number of aromatic nitrogens is 2. The summed E-state index contributed by atoms with van der Waals surface area (Å²) in [6.45, 7) is 0. The summed E-state index contributed by atoms with van der Waals surface area (Å²) < 4.78 is 8.82. The lowest BCUT2D eigenvalue weighted by Gasteiger charge is -1.91. The number of ether oxygens (including phenoxy) is 1. The van der Waals surface area contributed by atoms with Crippen LogP contribution in [0.15, 0.2) is 5.38 Å². The Morgan fingerprint density at radius 1 is 1.67 bits per heavy atom. The van der Waals surface area contributed by atoms with E-state index in [1.165, 1.54) is 11.3 Å². The quantitative estimate of drug-likeness (QED) is 0.714. The minimum absolute atomic E-state index is 0.317. The Labute approximate surface area is 74.4 Å². The molecule has 0 atom stereocenters. The van der Waals surface area contributed by atoms with Crippen molar-refractivity contribution in [2.45, 2.75) is 0 Å². The number of hydrogen-bond donors (Lipinski definition) is 1. The summed E-state index contributed by atoms with van der Waals surface area (Å²) in [6, 6.07) is 0. The third-order valence-corrected chi connectivity index (χ3v) is 2.87. The van der Waals surface area contributed by atoms with E-state index < -0.39 is 6.16 Å². The lowest BCUT2D eigenvalue weighted by molar-refractivity contribution is 0.145. The van der Waals surface area contributed by atoms with E-state index in [0.29, 0.717) is 15.3 Å². The van der Waals surface area contributed by atoms with Gasteiger partial charge in [0.2, 0.25) is 0 Å². The van der Waals surface area contributed by atoms with Gasteiger partial charge in [-0.15, -0.1) is 16.4 Å². The highest BCUT2D eigenvalue weighted by molar-refractivity contribution is 7.24. The molecule has 7 heteroatoms. The summed E-state index contributed by atoms with van der Waals surface area (Å²) >= 11 is 2.43. The van der Waals surface area contributed by atoms with E-state index in [0.717, 1.165) is 11.5 Å². The molecule has 0 aromatic carbocycles. The first-order chi connectivity index (χ1) is 5.77. The zero-order valence-electron chi connectivity index (χ0n) is 5.55. The maximum Gasteiger partial charge on any atom is 0.511 e. The predicted molar refractivity (Wildman–Crippen MR) is 43.9 cm³/mol. The molecule has 0 spiro atoms. The molecule has 0 saturated carbocycles. The van der Waals surface area contributed by atoms with Crippen molar-refractivity contribution in [2.24, 2.45) is 0 Å². The number of thiophene rings is 1. The fourth-order valence-corrected chi connectivity index (χ4v) is 2.31. The molecule has 2 aromatic heterocycles. The van der Waals surface area contributed by atoms with Gasteiger partial charge in [0.15, 0.2) is 10.6 Å². The Morgan fingerprint density at radius 2 is 2.50 bits per heavy atom. The van der Waals surface area contributed by atoms with Crippen LogP contribution in [0.3, 0.4) is 0 Å². The van der Waals surface area contributed by atoms with E-state index in [2.05, 4.69) is 14.3 Å². The molecule has 0 fully saturated rings. The number of carboxylic acid groups (broad SMARTS) is 1. The van der Waals surface area contributed by atoms with Crippen LogP contribution >= 0.6 is 22.9 Å². The van der Waals surface area contributed by atoms with Crippen LogP contribution in [0.2, 0.25) is 0 Å². The van der Waals surface area contributed by atoms with Crippen molar-refractivity contribution >= 4 is 38.6 Å². The molecule has 0 unspecified atom stereocenters. The van der Waals surface area contributed by atoms with Gasteiger partial charge in [0, 0.05) is 5.38 Å². The van der Waals surface area contributed by atoms with Crippen LogP contribution < -0.4 is 4.74 Å². The largest absolute Gasteiger partial charge is 0.511 e. The summed E-state index contributed by atoms with van der Waals surface area (Å²) in [5, 5.41) is 13.7. The van der Waals surface area contributed by atoms with E-state index in [1.54, 1.807) is 5.38 Å². The summed E-state index contributed by atoms with van der Waals surface area (Å²) in [5.74, 6) is 0.317. The SMILES string of the molecule is O=C(O)Oc1csc2nnsc12. The van der Waals surface area contributed by atoms with Gasteiger partial charge in [-0.1, -0.05) is 4.49 Å². The Morgan fingerprint density at radius 3 is 3.25 bits per heavy atom. The first-order valence-electron chi connectivity index (χ1n) is 2.87. The van der Waals surface area contributed by atoms with Gasteiger partial charge < -0.3 is 9.84 Å². The number of carbonyl (C=O) groups is 1. The van der Waals surface area contributed by atoms with Gasteiger partial charge in [0.05, 0.1) is 0 Å². The van der Waals surface area contributed by atoms with Crippen LogP contribution in [0.1, 0.15) is 0 Å². The maximum absolute atomic E-state index is 10.2. The highest BCUT2D eigenvalue weighted by Crippen LogP contribution is 2.33. The van der Waals surface area contributed by atoms with E-state index in [1.807, 2.05) is 0 Å². The molecule has 5 nitrogen and oxygen atoms in total. The average Bonchev–Trinajstić information content (AvgIpc) is 2.52. The van der Waals surface area contributed by atoms with E-state index in [9.17, 15) is 4.79 Å². The molecule has 0 amide bonds. The van der Waals surface area contributed by atoms with E-state index >= 15 is 0 Å². The minimum atomic E-state index is -1.32. The van der Waals surface area contributed by atoms with Gasteiger partial charge in [-0.2, -0.15) is 0 Å². The first kappa shape index (κ1) is 7.44. The molecule has 0 bridgehead atoms. The topological polar surface area (TPSA) is 72.3 Å². The molecule has 0 aliphatic heterocycles.